The van der Waals surface area contributed by atoms with Crippen LogP contribution in [0.4, 0.5) is 0 Å². The molecule has 3 nitrogen and oxygen atoms in total. The summed E-state index contributed by atoms with van der Waals surface area (Å²) in [6, 6.07) is 0. The molecule has 0 aromatic rings. The van der Waals surface area contributed by atoms with Crippen molar-refractivity contribution in [1.82, 2.24) is 0 Å². The fraction of sp³-hybridized carbons (Fsp3) is 0.867. The highest BCUT2D eigenvalue weighted by molar-refractivity contribution is 5.69. The lowest BCUT2D eigenvalue weighted by atomic mass is 9.86. The van der Waals surface area contributed by atoms with Crippen LogP contribution in [0.1, 0.15) is 57.8 Å². The standard InChI is InChI=1S/C15H27O3/c1-13(11-16)12-18-15(17)10-6-5-9-14-7-3-2-4-8-14/h13-14,16H,1-12H2. The third kappa shape index (κ3) is 7.00. The van der Waals surface area contributed by atoms with Crippen molar-refractivity contribution in [2.45, 2.75) is 57.8 Å². The summed E-state index contributed by atoms with van der Waals surface area (Å²) < 4.78 is 5.03. The van der Waals surface area contributed by atoms with E-state index < -0.39 is 0 Å². The Kier molecular flexibility index (Phi) is 8.06. The molecule has 1 unspecified atom stereocenters. The maximum Gasteiger partial charge on any atom is 0.305 e. The van der Waals surface area contributed by atoms with Gasteiger partial charge in [0.1, 0.15) is 0 Å². The number of aliphatic hydroxyl groups excluding tert-OH is 1. The lowest BCUT2D eigenvalue weighted by Gasteiger charge is -2.21. The van der Waals surface area contributed by atoms with E-state index in [0.29, 0.717) is 6.42 Å². The summed E-state index contributed by atoms with van der Waals surface area (Å²) >= 11 is 0. The number of ether oxygens (including phenoxy) is 1. The van der Waals surface area contributed by atoms with Crippen molar-refractivity contribution >= 4 is 5.97 Å². The van der Waals surface area contributed by atoms with Gasteiger partial charge in [-0.1, -0.05) is 44.9 Å². The summed E-state index contributed by atoms with van der Waals surface area (Å²) in [5.41, 5.74) is 0. The largest absolute Gasteiger partial charge is 0.465 e. The molecule has 0 aliphatic heterocycles. The van der Waals surface area contributed by atoms with Crippen LogP contribution < -0.4 is 0 Å². The van der Waals surface area contributed by atoms with Crippen molar-refractivity contribution in [2.75, 3.05) is 13.2 Å². The lowest BCUT2D eigenvalue weighted by molar-refractivity contribution is -0.145. The van der Waals surface area contributed by atoms with E-state index in [2.05, 4.69) is 6.92 Å². The van der Waals surface area contributed by atoms with Gasteiger partial charge in [0.05, 0.1) is 6.61 Å². The van der Waals surface area contributed by atoms with E-state index in [1.807, 2.05) is 0 Å². The third-order valence-electron chi connectivity index (χ3n) is 3.71. The second kappa shape index (κ2) is 9.37. The number of carbonyl (C=O) groups excluding carboxylic acids is 1. The number of carbonyl (C=O) groups is 1. The van der Waals surface area contributed by atoms with Crippen molar-refractivity contribution in [3.05, 3.63) is 6.92 Å². The summed E-state index contributed by atoms with van der Waals surface area (Å²) in [4.78, 5) is 11.4. The first-order chi connectivity index (χ1) is 8.72. The molecule has 1 saturated carbocycles. The summed E-state index contributed by atoms with van der Waals surface area (Å²) in [5.74, 6) is 0.547. The molecule has 0 aromatic heterocycles. The van der Waals surface area contributed by atoms with Crippen LogP contribution in [0.25, 0.3) is 0 Å². The molecule has 0 spiro atoms. The first-order valence-corrected chi connectivity index (χ1v) is 7.32. The molecule has 1 atom stereocenters. The van der Waals surface area contributed by atoms with Gasteiger partial charge in [-0.2, -0.15) is 0 Å². The minimum absolute atomic E-state index is 0.0328. The Bertz CT molecular complexity index is 222. The molecule has 0 amide bonds. The van der Waals surface area contributed by atoms with Gasteiger partial charge in [-0.05, 0) is 19.3 Å². The highest BCUT2D eigenvalue weighted by atomic mass is 16.5. The second-order valence-corrected chi connectivity index (χ2v) is 5.48. The average Bonchev–Trinajstić information content (AvgIpc) is 2.42. The Morgan fingerprint density at radius 2 is 2.00 bits per heavy atom. The molecule has 0 aromatic carbocycles. The summed E-state index contributed by atoms with van der Waals surface area (Å²) in [7, 11) is 0. The van der Waals surface area contributed by atoms with Crippen molar-refractivity contribution < 1.29 is 14.6 Å². The first-order valence-electron chi connectivity index (χ1n) is 7.32. The number of hydrogen-bond donors (Lipinski definition) is 1. The molecule has 1 radical (unpaired) electrons. The number of rotatable bonds is 8. The van der Waals surface area contributed by atoms with Crippen LogP contribution in [0.3, 0.4) is 0 Å². The van der Waals surface area contributed by atoms with E-state index >= 15 is 0 Å². The van der Waals surface area contributed by atoms with Crippen LogP contribution in [0.5, 0.6) is 0 Å². The van der Waals surface area contributed by atoms with Gasteiger partial charge < -0.3 is 9.84 Å². The van der Waals surface area contributed by atoms with Crippen molar-refractivity contribution in [1.29, 1.82) is 0 Å². The first kappa shape index (κ1) is 15.5. The Morgan fingerprint density at radius 1 is 1.28 bits per heavy atom. The molecule has 1 rings (SSSR count). The van der Waals surface area contributed by atoms with Gasteiger partial charge in [0, 0.05) is 18.9 Å². The van der Waals surface area contributed by atoms with Gasteiger partial charge in [0.15, 0.2) is 0 Å². The summed E-state index contributed by atoms with van der Waals surface area (Å²) in [6.45, 7) is 3.86. The van der Waals surface area contributed by atoms with Crippen LogP contribution in [0, 0.1) is 18.8 Å². The molecule has 105 valence electrons. The van der Waals surface area contributed by atoms with Crippen molar-refractivity contribution in [2.24, 2.45) is 11.8 Å². The van der Waals surface area contributed by atoms with Gasteiger partial charge in [0.2, 0.25) is 0 Å². The molecule has 0 heterocycles. The zero-order valence-electron chi connectivity index (χ0n) is 11.4. The number of aliphatic hydroxyl groups is 1. The zero-order chi connectivity index (χ0) is 13.2. The van der Waals surface area contributed by atoms with E-state index in [9.17, 15) is 4.79 Å². The Hall–Kier alpha value is -0.570. The highest BCUT2D eigenvalue weighted by Crippen LogP contribution is 2.27. The number of esters is 1. The molecule has 18 heavy (non-hydrogen) atoms. The van der Waals surface area contributed by atoms with E-state index in [-0.39, 0.29) is 25.1 Å². The molecule has 0 saturated heterocycles. The van der Waals surface area contributed by atoms with Crippen LogP contribution in [0.2, 0.25) is 0 Å². The Morgan fingerprint density at radius 3 is 2.67 bits per heavy atom. The van der Waals surface area contributed by atoms with Gasteiger partial charge in [-0.15, -0.1) is 0 Å². The number of unbranched alkanes of at least 4 members (excludes halogenated alkanes) is 1. The maximum absolute atomic E-state index is 11.4. The van der Waals surface area contributed by atoms with Gasteiger partial charge in [-0.25, -0.2) is 0 Å². The van der Waals surface area contributed by atoms with Crippen molar-refractivity contribution in [3.63, 3.8) is 0 Å². The minimum Gasteiger partial charge on any atom is -0.465 e. The molecule has 3 heteroatoms. The van der Waals surface area contributed by atoms with Crippen molar-refractivity contribution in [3.8, 4) is 0 Å². The van der Waals surface area contributed by atoms with E-state index in [0.717, 1.165) is 18.8 Å². The predicted octanol–water partition coefficient (Wildman–Crippen LogP) is 3.11. The molecular weight excluding hydrogens is 228 g/mol. The van der Waals surface area contributed by atoms with Crippen LogP contribution >= 0.6 is 0 Å². The lowest BCUT2D eigenvalue weighted by Crippen LogP contribution is -2.14. The molecule has 1 N–H and O–H groups in total. The minimum atomic E-state index is -0.198. The molecule has 1 aliphatic carbocycles. The van der Waals surface area contributed by atoms with Gasteiger partial charge in [0.25, 0.3) is 0 Å². The molecule has 1 aliphatic rings. The van der Waals surface area contributed by atoms with E-state index in [1.54, 1.807) is 0 Å². The van der Waals surface area contributed by atoms with Gasteiger partial charge >= 0.3 is 5.97 Å². The number of hydrogen-bond acceptors (Lipinski definition) is 3. The van der Waals surface area contributed by atoms with Crippen LogP contribution in [-0.2, 0) is 9.53 Å². The van der Waals surface area contributed by atoms with Crippen LogP contribution in [0.15, 0.2) is 0 Å². The quantitative estimate of drug-likeness (QED) is 0.535. The Balaban J connectivity index is 1.94. The molecule has 0 bridgehead atoms. The predicted molar refractivity (Wildman–Crippen MR) is 71.9 cm³/mol. The summed E-state index contributed by atoms with van der Waals surface area (Å²) in [6.07, 6.45) is 10.8. The fourth-order valence-electron chi connectivity index (χ4n) is 2.51. The molecular formula is C15H27O3. The zero-order valence-corrected chi connectivity index (χ0v) is 11.4. The van der Waals surface area contributed by atoms with Gasteiger partial charge in [-0.3, -0.25) is 4.79 Å². The fourth-order valence-corrected chi connectivity index (χ4v) is 2.51. The average molecular weight is 255 g/mol. The normalized spacial score (nSPS) is 18.6. The Labute approximate surface area is 111 Å². The SMILES string of the molecule is [CH2]C(CO)COC(=O)CCCCC1CCCCC1. The maximum atomic E-state index is 11.4. The third-order valence-corrected chi connectivity index (χ3v) is 3.71. The topological polar surface area (TPSA) is 46.5 Å². The second-order valence-electron chi connectivity index (χ2n) is 5.48. The summed E-state index contributed by atoms with van der Waals surface area (Å²) in [5, 5.41) is 8.75. The van der Waals surface area contributed by atoms with E-state index in [4.69, 9.17) is 9.84 Å². The monoisotopic (exact) mass is 255 g/mol. The highest BCUT2D eigenvalue weighted by Gasteiger charge is 2.13. The van der Waals surface area contributed by atoms with E-state index in [1.165, 1.54) is 38.5 Å². The molecule has 1 fully saturated rings. The van der Waals surface area contributed by atoms with Crippen LogP contribution in [-0.4, -0.2) is 24.3 Å². The smallest absolute Gasteiger partial charge is 0.305 e.